The fourth-order valence-corrected chi connectivity index (χ4v) is 6.41. The number of hydrogen-bond donors (Lipinski definition) is 0. The third kappa shape index (κ3) is 4.19. The lowest BCUT2D eigenvalue weighted by atomic mass is 9.94. The first-order valence-electron chi connectivity index (χ1n) is 15.0. The summed E-state index contributed by atoms with van der Waals surface area (Å²) in [5.41, 5.74) is 9.23. The van der Waals surface area contributed by atoms with Crippen molar-refractivity contribution in [2.24, 2.45) is 0 Å². The van der Waals surface area contributed by atoms with Crippen molar-refractivity contribution in [2.45, 2.75) is 0 Å². The van der Waals surface area contributed by atoms with E-state index in [-0.39, 0.29) is 0 Å². The lowest BCUT2D eigenvalue weighted by Crippen LogP contribution is -1.98. The van der Waals surface area contributed by atoms with Crippen LogP contribution in [0.4, 0.5) is 0 Å². The number of hydrogen-bond acceptors (Lipinski definition) is 4. The first-order chi connectivity index (χ1) is 22.3. The molecule has 45 heavy (non-hydrogen) atoms. The Kier molecular flexibility index (Phi) is 5.78. The molecule has 0 N–H and O–H groups in total. The fraction of sp³-hybridized carbons (Fsp3) is 0. The monoisotopic (exact) mass is 575 g/mol. The average Bonchev–Trinajstić information content (AvgIpc) is 3.51. The maximum absolute atomic E-state index is 6.35. The Bertz CT molecular complexity index is 2460. The van der Waals surface area contributed by atoms with Gasteiger partial charge in [-0.1, -0.05) is 121 Å². The van der Waals surface area contributed by atoms with Gasteiger partial charge in [-0.25, -0.2) is 15.0 Å². The number of pyridine rings is 1. The summed E-state index contributed by atoms with van der Waals surface area (Å²) in [5.74, 6) is 0.635. The Labute approximate surface area is 259 Å². The molecule has 0 aliphatic rings. The van der Waals surface area contributed by atoms with Crippen LogP contribution in [-0.2, 0) is 0 Å². The minimum atomic E-state index is 0.635. The summed E-state index contributed by atoms with van der Waals surface area (Å²) in [6.45, 7) is 0. The molecule has 9 rings (SSSR count). The summed E-state index contributed by atoms with van der Waals surface area (Å²) < 4.78 is 6.35. The van der Waals surface area contributed by atoms with Crippen molar-refractivity contribution in [3.63, 3.8) is 0 Å². The van der Waals surface area contributed by atoms with E-state index in [1.54, 1.807) is 0 Å². The predicted octanol–water partition coefficient (Wildman–Crippen LogP) is 10.7. The van der Waals surface area contributed by atoms with E-state index < -0.39 is 0 Å². The van der Waals surface area contributed by atoms with Crippen LogP contribution in [0.1, 0.15) is 0 Å². The SMILES string of the molecule is c1ccc(-c2cc(-c3ccccc3)nc(-c3cccc4c3nc(-c3ccccc3)c3ccc5oc6ccccc6c5c34)n2)cc1. The zero-order valence-corrected chi connectivity index (χ0v) is 24.2. The molecule has 6 aromatic carbocycles. The molecule has 0 spiro atoms. The summed E-state index contributed by atoms with van der Waals surface area (Å²) in [4.78, 5) is 15.7. The van der Waals surface area contributed by atoms with E-state index in [2.05, 4.69) is 97.1 Å². The molecule has 3 heterocycles. The van der Waals surface area contributed by atoms with Crippen LogP contribution in [0.5, 0.6) is 0 Å². The van der Waals surface area contributed by atoms with Crippen LogP contribution in [0.2, 0.25) is 0 Å². The zero-order valence-electron chi connectivity index (χ0n) is 24.2. The lowest BCUT2D eigenvalue weighted by molar-refractivity contribution is 0.669. The second-order valence-electron chi connectivity index (χ2n) is 11.2. The molecule has 0 atom stereocenters. The van der Waals surface area contributed by atoms with Gasteiger partial charge in [-0.05, 0) is 30.3 Å². The van der Waals surface area contributed by atoms with Gasteiger partial charge in [0.2, 0.25) is 0 Å². The van der Waals surface area contributed by atoms with Crippen LogP contribution < -0.4 is 0 Å². The van der Waals surface area contributed by atoms with Crippen LogP contribution in [0.25, 0.3) is 88.8 Å². The molecular formula is C41H25N3O. The highest BCUT2D eigenvalue weighted by atomic mass is 16.3. The molecule has 0 bridgehead atoms. The van der Waals surface area contributed by atoms with Gasteiger partial charge < -0.3 is 4.42 Å². The van der Waals surface area contributed by atoms with Crippen molar-refractivity contribution in [1.82, 2.24) is 15.0 Å². The summed E-state index contributed by atoms with van der Waals surface area (Å²) >= 11 is 0. The van der Waals surface area contributed by atoms with Crippen molar-refractivity contribution in [1.29, 1.82) is 0 Å². The Balaban J connectivity index is 1.42. The van der Waals surface area contributed by atoms with Gasteiger partial charge in [-0.2, -0.15) is 0 Å². The smallest absolute Gasteiger partial charge is 0.162 e. The third-order valence-electron chi connectivity index (χ3n) is 8.48. The summed E-state index contributed by atoms with van der Waals surface area (Å²) in [6, 6.07) is 51.8. The normalized spacial score (nSPS) is 11.6. The van der Waals surface area contributed by atoms with Gasteiger partial charge in [0.25, 0.3) is 0 Å². The van der Waals surface area contributed by atoms with E-state index in [0.29, 0.717) is 5.82 Å². The van der Waals surface area contributed by atoms with Gasteiger partial charge in [-0.15, -0.1) is 0 Å². The average molecular weight is 576 g/mol. The number of nitrogens with zero attached hydrogens (tertiary/aromatic N) is 3. The second-order valence-corrected chi connectivity index (χ2v) is 11.2. The molecule has 9 aromatic rings. The van der Waals surface area contributed by atoms with Crippen molar-refractivity contribution in [3.8, 4) is 45.2 Å². The minimum absolute atomic E-state index is 0.635. The third-order valence-corrected chi connectivity index (χ3v) is 8.48. The fourth-order valence-electron chi connectivity index (χ4n) is 6.41. The maximum Gasteiger partial charge on any atom is 0.162 e. The van der Waals surface area contributed by atoms with Crippen LogP contribution in [0.15, 0.2) is 156 Å². The minimum Gasteiger partial charge on any atom is -0.456 e. The van der Waals surface area contributed by atoms with Crippen molar-refractivity contribution >= 4 is 43.6 Å². The molecular weight excluding hydrogens is 550 g/mol. The highest BCUT2D eigenvalue weighted by Crippen LogP contribution is 2.43. The summed E-state index contributed by atoms with van der Waals surface area (Å²) in [6.07, 6.45) is 0. The van der Waals surface area contributed by atoms with Crippen LogP contribution in [0.3, 0.4) is 0 Å². The van der Waals surface area contributed by atoms with E-state index in [1.165, 1.54) is 0 Å². The first kappa shape index (κ1) is 25.4. The van der Waals surface area contributed by atoms with Crippen molar-refractivity contribution < 1.29 is 4.42 Å². The van der Waals surface area contributed by atoms with Gasteiger partial charge in [0.15, 0.2) is 5.82 Å². The molecule has 4 nitrogen and oxygen atoms in total. The number of benzene rings is 6. The number of aromatic nitrogens is 3. The Morgan fingerprint density at radius 3 is 1.69 bits per heavy atom. The molecule has 4 heteroatoms. The molecule has 0 amide bonds. The molecule has 210 valence electrons. The van der Waals surface area contributed by atoms with Gasteiger partial charge in [0, 0.05) is 49.2 Å². The molecule has 0 saturated carbocycles. The number of rotatable bonds is 4. The molecule has 0 fully saturated rings. The molecule has 0 radical (unpaired) electrons. The van der Waals surface area contributed by atoms with Crippen LogP contribution in [-0.4, -0.2) is 15.0 Å². The highest BCUT2D eigenvalue weighted by Gasteiger charge is 2.20. The summed E-state index contributed by atoms with van der Waals surface area (Å²) in [5, 5.41) is 5.41. The van der Waals surface area contributed by atoms with Gasteiger partial charge in [0.1, 0.15) is 11.2 Å². The standard InChI is InChI=1S/C41H25N3O/c1-4-13-26(14-5-1)33-25-34(27-15-6-2-7-16-27)43-41(42-33)32-21-12-20-30-37-31(39(44-40(30)32)28-17-8-3-9-18-28)23-24-36-38(37)29-19-10-11-22-35(29)45-36/h1-25H. The first-order valence-corrected chi connectivity index (χ1v) is 15.0. The number of furan rings is 1. The number of fused-ring (bicyclic) bond motifs is 7. The van der Waals surface area contributed by atoms with E-state index in [0.717, 1.165) is 82.9 Å². The molecule has 3 aromatic heterocycles. The second kappa shape index (κ2) is 10.2. The zero-order chi connectivity index (χ0) is 29.7. The Morgan fingerprint density at radius 2 is 1.00 bits per heavy atom. The Hall–Kier alpha value is -6.13. The van der Waals surface area contributed by atoms with Crippen molar-refractivity contribution in [2.75, 3.05) is 0 Å². The molecule has 0 aliphatic carbocycles. The largest absolute Gasteiger partial charge is 0.456 e. The molecule has 0 aliphatic heterocycles. The van der Waals surface area contributed by atoms with Gasteiger partial charge in [0.05, 0.1) is 22.6 Å². The Morgan fingerprint density at radius 1 is 0.400 bits per heavy atom. The van der Waals surface area contributed by atoms with Crippen LogP contribution in [0, 0.1) is 0 Å². The topological polar surface area (TPSA) is 51.8 Å². The van der Waals surface area contributed by atoms with Crippen LogP contribution >= 0.6 is 0 Å². The number of para-hydroxylation sites is 2. The predicted molar refractivity (Wildman–Crippen MR) is 184 cm³/mol. The molecule has 0 saturated heterocycles. The van der Waals surface area contributed by atoms with E-state index in [9.17, 15) is 0 Å². The molecule has 0 unspecified atom stereocenters. The quantitative estimate of drug-likeness (QED) is 0.196. The maximum atomic E-state index is 6.35. The van der Waals surface area contributed by atoms with E-state index in [4.69, 9.17) is 19.4 Å². The highest BCUT2D eigenvalue weighted by molar-refractivity contribution is 6.29. The summed E-state index contributed by atoms with van der Waals surface area (Å²) in [7, 11) is 0. The van der Waals surface area contributed by atoms with Gasteiger partial charge in [-0.3, -0.25) is 0 Å². The lowest BCUT2D eigenvalue weighted by Gasteiger charge is -2.14. The van der Waals surface area contributed by atoms with Gasteiger partial charge >= 0.3 is 0 Å². The van der Waals surface area contributed by atoms with E-state index in [1.807, 2.05) is 54.6 Å². The van der Waals surface area contributed by atoms with Crippen molar-refractivity contribution in [3.05, 3.63) is 152 Å². The van der Waals surface area contributed by atoms with E-state index >= 15 is 0 Å².